The van der Waals surface area contributed by atoms with Crippen LogP contribution in [0, 0.1) is 23.0 Å². The number of amides is 1. The number of hydrogen-bond donors (Lipinski definition) is 1. The van der Waals surface area contributed by atoms with Gasteiger partial charge in [-0.05, 0) is 18.9 Å². The third-order valence-corrected chi connectivity index (χ3v) is 2.14. The molecule has 92 valence electrons. The molecule has 0 saturated heterocycles. The van der Waals surface area contributed by atoms with Gasteiger partial charge in [0.25, 0.3) is 5.69 Å². The molecule has 1 aromatic heterocycles. The van der Waals surface area contributed by atoms with Crippen molar-refractivity contribution in [3.8, 4) is 0 Å². The maximum Gasteiger partial charge on any atom is 0.290 e. The molecule has 0 atom stereocenters. The van der Waals surface area contributed by atoms with Gasteiger partial charge in [-0.15, -0.1) is 0 Å². The van der Waals surface area contributed by atoms with Gasteiger partial charge < -0.3 is 5.32 Å². The molecule has 0 aliphatic carbocycles. The van der Waals surface area contributed by atoms with Gasteiger partial charge in [-0.2, -0.15) is 0 Å². The molecule has 0 unspecified atom stereocenters. The lowest BCUT2D eigenvalue weighted by atomic mass is 10.1. The van der Waals surface area contributed by atoms with Crippen LogP contribution >= 0.6 is 0 Å². The van der Waals surface area contributed by atoms with E-state index in [1.165, 1.54) is 6.07 Å². The van der Waals surface area contributed by atoms with Crippen molar-refractivity contribution in [1.82, 2.24) is 4.98 Å². The number of anilines is 1. The number of aromatic nitrogens is 1. The molecular formula is C11H15N3O3. The van der Waals surface area contributed by atoms with Gasteiger partial charge in [0.2, 0.25) is 5.91 Å². The topological polar surface area (TPSA) is 85.1 Å². The lowest BCUT2D eigenvalue weighted by molar-refractivity contribution is -0.385. The zero-order valence-corrected chi connectivity index (χ0v) is 10.1. The quantitative estimate of drug-likeness (QED) is 0.643. The van der Waals surface area contributed by atoms with Gasteiger partial charge in [-0.1, -0.05) is 13.8 Å². The molecule has 1 amide bonds. The monoisotopic (exact) mass is 237 g/mol. The predicted molar refractivity (Wildman–Crippen MR) is 63.7 cm³/mol. The molecule has 0 spiro atoms. The normalized spacial score (nSPS) is 10.4. The van der Waals surface area contributed by atoms with Crippen molar-refractivity contribution in [3.63, 3.8) is 0 Å². The fourth-order valence-corrected chi connectivity index (χ4v) is 1.37. The summed E-state index contributed by atoms with van der Waals surface area (Å²) in [5.74, 6) is 0.466. The van der Waals surface area contributed by atoms with Crippen molar-refractivity contribution >= 4 is 17.4 Å². The molecule has 0 saturated carbocycles. The van der Waals surface area contributed by atoms with Crippen molar-refractivity contribution in [3.05, 3.63) is 27.9 Å². The van der Waals surface area contributed by atoms with Crippen molar-refractivity contribution in [2.75, 3.05) is 5.32 Å². The smallest absolute Gasteiger partial charge is 0.290 e. The van der Waals surface area contributed by atoms with Gasteiger partial charge in [0.15, 0.2) is 0 Å². The van der Waals surface area contributed by atoms with Gasteiger partial charge in [0, 0.05) is 12.0 Å². The van der Waals surface area contributed by atoms with Gasteiger partial charge >= 0.3 is 0 Å². The van der Waals surface area contributed by atoms with Crippen molar-refractivity contribution in [1.29, 1.82) is 0 Å². The summed E-state index contributed by atoms with van der Waals surface area (Å²) < 4.78 is 0. The van der Waals surface area contributed by atoms with Crippen molar-refractivity contribution < 1.29 is 9.72 Å². The van der Waals surface area contributed by atoms with Crippen LogP contribution in [0.4, 0.5) is 11.5 Å². The van der Waals surface area contributed by atoms with Crippen molar-refractivity contribution in [2.45, 2.75) is 27.2 Å². The summed E-state index contributed by atoms with van der Waals surface area (Å²) in [5, 5.41) is 13.2. The minimum absolute atomic E-state index is 0.0492. The fourth-order valence-electron chi connectivity index (χ4n) is 1.37. The molecule has 1 rings (SSSR count). The Balaban J connectivity index is 2.77. The van der Waals surface area contributed by atoms with E-state index in [4.69, 9.17) is 0 Å². The molecule has 6 heteroatoms. The number of rotatable bonds is 4. The highest BCUT2D eigenvalue weighted by Crippen LogP contribution is 2.19. The maximum atomic E-state index is 11.5. The molecule has 17 heavy (non-hydrogen) atoms. The van der Waals surface area contributed by atoms with Crippen LogP contribution in [0.3, 0.4) is 0 Å². The van der Waals surface area contributed by atoms with Crippen LogP contribution in [-0.2, 0) is 4.79 Å². The molecule has 0 aliphatic rings. The molecule has 0 aliphatic heterocycles. The molecule has 0 fully saturated rings. The minimum atomic E-state index is -0.498. The number of nitrogens with zero attached hydrogens (tertiary/aromatic N) is 2. The zero-order valence-electron chi connectivity index (χ0n) is 10.1. The van der Waals surface area contributed by atoms with Crippen LogP contribution in [0.2, 0.25) is 0 Å². The molecule has 0 radical (unpaired) electrons. The van der Waals surface area contributed by atoms with Crippen LogP contribution in [0.1, 0.15) is 25.8 Å². The second-order valence-electron chi connectivity index (χ2n) is 4.26. The molecule has 1 heterocycles. The van der Waals surface area contributed by atoms with Gasteiger partial charge in [0.1, 0.15) is 12.0 Å². The SMILES string of the molecule is Cc1cc(NC(=O)CC(C)C)ncc1[N+](=O)[O-]. The van der Waals surface area contributed by atoms with Crippen LogP contribution in [0.15, 0.2) is 12.3 Å². The highest BCUT2D eigenvalue weighted by atomic mass is 16.6. The molecule has 0 aromatic carbocycles. The van der Waals surface area contributed by atoms with Crippen molar-refractivity contribution in [2.24, 2.45) is 5.92 Å². The number of nitrogens with one attached hydrogen (secondary N) is 1. The van der Waals surface area contributed by atoms with E-state index in [1.54, 1.807) is 6.92 Å². The first-order valence-electron chi connectivity index (χ1n) is 5.31. The van der Waals surface area contributed by atoms with E-state index in [9.17, 15) is 14.9 Å². The Kier molecular flexibility index (Phi) is 4.14. The average molecular weight is 237 g/mol. The van der Waals surface area contributed by atoms with Crippen LogP contribution in [0.25, 0.3) is 0 Å². The summed E-state index contributed by atoms with van der Waals surface area (Å²) in [6, 6.07) is 1.50. The number of aryl methyl sites for hydroxylation is 1. The van der Waals surface area contributed by atoms with E-state index in [-0.39, 0.29) is 17.5 Å². The van der Waals surface area contributed by atoms with Crippen LogP contribution in [0.5, 0.6) is 0 Å². The summed E-state index contributed by atoms with van der Waals surface area (Å²) in [7, 11) is 0. The number of hydrogen-bond acceptors (Lipinski definition) is 4. The van der Waals surface area contributed by atoms with E-state index >= 15 is 0 Å². The summed E-state index contributed by atoms with van der Waals surface area (Å²) in [6.45, 7) is 5.49. The van der Waals surface area contributed by atoms with Crippen LogP contribution < -0.4 is 5.32 Å². The third kappa shape index (κ3) is 3.82. The number of carbonyl (C=O) groups excluding carboxylic acids is 1. The fraction of sp³-hybridized carbons (Fsp3) is 0.455. The first-order chi connectivity index (χ1) is 7.90. The predicted octanol–water partition coefficient (Wildman–Crippen LogP) is 2.28. The second-order valence-corrected chi connectivity index (χ2v) is 4.26. The number of nitro groups is 1. The zero-order chi connectivity index (χ0) is 13.0. The first kappa shape index (κ1) is 13.1. The average Bonchev–Trinajstić information content (AvgIpc) is 2.15. The van der Waals surface area contributed by atoms with E-state index < -0.39 is 4.92 Å². The summed E-state index contributed by atoms with van der Waals surface area (Å²) in [4.78, 5) is 25.4. The highest BCUT2D eigenvalue weighted by molar-refractivity contribution is 5.90. The lowest BCUT2D eigenvalue weighted by Gasteiger charge is -2.06. The second kappa shape index (κ2) is 5.38. The van der Waals surface area contributed by atoms with E-state index in [1.807, 2.05) is 13.8 Å². The first-order valence-corrected chi connectivity index (χ1v) is 5.31. The summed E-state index contributed by atoms with van der Waals surface area (Å²) in [6.07, 6.45) is 1.55. The summed E-state index contributed by atoms with van der Waals surface area (Å²) >= 11 is 0. The number of carbonyl (C=O) groups is 1. The molecule has 6 nitrogen and oxygen atoms in total. The third-order valence-electron chi connectivity index (χ3n) is 2.14. The van der Waals surface area contributed by atoms with E-state index in [0.717, 1.165) is 6.20 Å². The van der Waals surface area contributed by atoms with E-state index in [2.05, 4.69) is 10.3 Å². The van der Waals surface area contributed by atoms with Crippen LogP contribution in [-0.4, -0.2) is 15.8 Å². The Hall–Kier alpha value is -1.98. The Labute approximate surface area is 99.2 Å². The van der Waals surface area contributed by atoms with Gasteiger partial charge in [0.05, 0.1) is 4.92 Å². The lowest BCUT2D eigenvalue weighted by Crippen LogP contribution is -2.15. The molecule has 1 aromatic rings. The minimum Gasteiger partial charge on any atom is -0.311 e. The van der Waals surface area contributed by atoms with Gasteiger partial charge in [-0.3, -0.25) is 14.9 Å². The molecular weight excluding hydrogens is 222 g/mol. The largest absolute Gasteiger partial charge is 0.311 e. The Morgan fingerprint density at radius 1 is 1.59 bits per heavy atom. The highest BCUT2D eigenvalue weighted by Gasteiger charge is 2.13. The number of pyridine rings is 1. The molecule has 1 N–H and O–H groups in total. The van der Waals surface area contributed by atoms with E-state index in [0.29, 0.717) is 17.8 Å². The maximum absolute atomic E-state index is 11.5. The Morgan fingerprint density at radius 2 is 2.24 bits per heavy atom. The summed E-state index contributed by atoms with van der Waals surface area (Å²) in [5.41, 5.74) is 0.428. The van der Waals surface area contributed by atoms with Gasteiger partial charge in [-0.25, -0.2) is 4.98 Å². The molecule has 0 bridgehead atoms. The standard InChI is InChI=1S/C11H15N3O3/c1-7(2)4-11(15)13-10-5-8(3)9(6-12-10)14(16)17/h5-7H,4H2,1-3H3,(H,12,13,15). The Morgan fingerprint density at radius 3 is 2.71 bits per heavy atom. The Bertz CT molecular complexity index is 444.